The van der Waals surface area contributed by atoms with Gasteiger partial charge in [0.15, 0.2) is 0 Å². The zero-order chi connectivity index (χ0) is 12.4. The number of imidazole rings is 1. The molecule has 0 aliphatic rings. The lowest BCUT2D eigenvalue weighted by atomic mass is 10.0. The van der Waals surface area contributed by atoms with Crippen molar-refractivity contribution in [1.29, 1.82) is 0 Å². The molecule has 2 rings (SSSR count). The summed E-state index contributed by atoms with van der Waals surface area (Å²) >= 11 is 5.99. The van der Waals surface area contributed by atoms with Crippen LogP contribution in [0.3, 0.4) is 0 Å². The van der Waals surface area contributed by atoms with Crippen LogP contribution in [0, 0.1) is 0 Å². The van der Waals surface area contributed by atoms with Crippen molar-refractivity contribution in [1.82, 2.24) is 9.55 Å². The van der Waals surface area contributed by atoms with Crippen molar-refractivity contribution in [2.45, 2.75) is 6.04 Å². The Labute approximate surface area is 105 Å². The SMILES string of the molecule is COc1ccc(Cl)cc1C(N)c1cncn1C. The number of nitrogens with zero attached hydrogens (tertiary/aromatic N) is 2. The van der Waals surface area contributed by atoms with Crippen molar-refractivity contribution in [3.05, 3.63) is 47.0 Å². The molecule has 2 N–H and O–H groups in total. The van der Waals surface area contributed by atoms with Gasteiger partial charge in [0.25, 0.3) is 0 Å². The Kier molecular flexibility index (Phi) is 3.36. The van der Waals surface area contributed by atoms with E-state index in [9.17, 15) is 0 Å². The minimum Gasteiger partial charge on any atom is -0.496 e. The Hall–Kier alpha value is -1.52. The molecule has 1 atom stereocenters. The van der Waals surface area contributed by atoms with Gasteiger partial charge < -0.3 is 15.0 Å². The Bertz CT molecular complexity index is 524. The number of hydrogen-bond acceptors (Lipinski definition) is 3. The molecular formula is C12H14ClN3O. The molecule has 90 valence electrons. The van der Waals surface area contributed by atoms with Crippen LogP contribution in [0.5, 0.6) is 5.75 Å². The van der Waals surface area contributed by atoms with Gasteiger partial charge in [0.05, 0.1) is 31.4 Å². The first-order valence-corrected chi connectivity index (χ1v) is 5.56. The summed E-state index contributed by atoms with van der Waals surface area (Å²) in [6.45, 7) is 0. The van der Waals surface area contributed by atoms with E-state index in [1.165, 1.54) is 0 Å². The summed E-state index contributed by atoms with van der Waals surface area (Å²) in [6, 6.07) is 5.10. The second kappa shape index (κ2) is 4.77. The molecule has 5 heteroatoms. The number of ether oxygens (including phenoxy) is 1. The van der Waals surface area contributed by atoms with E-state index in [4.69, 9.17) is 22.1 Å². The van der Waals surface area contributed by atoms with E-state index >= 15 is 0 Å². The number of benzene rings is 1. The number of nitrogens with two attached hydrogens (primary N) is 1. The molecule has 1 heterocycles. The monoisotopic (exact) mass is 251 g/mol. The summed E-state index contributed by atoms with van der Waals surface area (Å²) in [4.78, 5) is 4.06. The van der Waals surface area contributed by atoms with Gasteiger partial charge in [0, 0.05) is 17.6 Å². The summed E-state index contributed by atoms with van der Waals surface area (Å²) in [6.07, 6.45) is 3.46. The van der Waals surface area contributed by atoms with Crippen LogP contribution in [-0.4, -0.2) is 16.7 Å². The predicted octanol–water partition coefficient (Wildman–Crippen LogP) is 2.13. The highest BCUT2D eigenvalue weighted by Gasteiger charge is 2.17. The summed E-state index contributed by atoms with van der Waals surface area (Å²) in [5, 5.41) is 0.637. The number of methoxy groups -OCH3 is 1. The Balaban J connectivity index is 2.46. The second-order valence-corrected chi connectivity index (χ2v) is 4.23. The number of halogens is 1. The molecule has 1 unspecified atom stereocenters. The lowest BCUT2D eigenvalue weighted by Gasteiger charge is -2.16. The van der Waals surface area contributed by atoms with Crippen LogP contribution in [0.15, 0.2) is 30.7 Å². The van der Waals surface area contributed by atoms with Gasteiger partial charge in [0.2, 0.25) is 0 Å². The largest absolute Gasteiger partial charge is 0.496 e. The predicted molar refractivity (Wildman–Crippen MR) is 67.2 cm³/mol. The fourth-order valence-electron chi connectivity index (χ4n) is 1.77. The third kappa shape index (κ3) is 2.28. The molecule has 0 amide bonds. The molecule has 17 heavy (non-hydrogen) atoms. The number of rotatable bonds is 3. The molecule has 0 saturated heterocycles. The Morgan fingerprint density at radius 1 is 1.47 bits per heavy atom. The zero-order valence-corrected chi connectivity index (χ0v) is 10.5. The molecule has 0 bridgehead atoms. The summed E-state index contributed by atoms with van der Waals surface area (Å²) in [7, 11) is 3.52. The fourth-order valence-corrected chi connectivity index (χ4v) is 1.96. The first-order valence-electron chi connectivity index (χ1n) is 5.18. The van der Waals surface area contributed by atoms with Gasteiger partial charge >= 0.3 is 0 Å². The topological polar surface area (TPSA) is 53.1 Å². The molecule has 0 radical (unpaired) electrons. The van der Waals surface area contributed by atoms with Gasteiger partial charge in [-0.05, 0) is 18.2 Å². The summed E-state index contributed by atoms with van der Waals surface area (Å²) in [5.74, 6) is 0.725. The van der Waals surface area contributed by atoms with E-state index in [-0.39, 0.29) is 6.04 Å². The van der Waals surface area contributed by atoms with Crippen LogP contribution in [-0.2, 0) is 7.05 Å². The Morgan fingerprint density at radius 2 is 2.24 bits per heavy atom. The minimum atomic E-state index is -0.309. The number of aromatic nitrogens is 2. The van der Waals surface area contributed by atoms with E-state index < -0.39 is 0 Å². The quantitative estimate of drug-likeness (QED) is 0.909. The third-order valence-corrected chi connectivity index (χ3v) is 2.93. The first-order chi connectivity index (χ1) is 8.13. The third-order valence-electron chi connectivity index (χ3n) is 2.70. The molecule has 2 aromatic rings. The first kappa shape index (κ1) is 12.0. The molecule has 0 aliphatic carbocycles. The lowest BCUT2D eigenvalue weighted by molar-refractivity contribution is 0.407. The van der Waals surface area contributed by atoms with E-state index in [2.05, 4.69) is 4.98 Å². The molecule has 0 fully saturated rings. The second-order valence-electron chi connectivity index (χ2n) is 3.79. The highest BCUT2D eigenvalue weighted by molar-refractivity contribution is 6.30. The van der Waals surface area contributed by atoms with Gasteiger partial charge in [-0.3, -0.25) is 0 Å². The van der Waals surface area contributed by atoms with Gasteiger partial charge in [-0.2, -0.15) is 0 Å². The average molecular weight is 252 g/mol. The van der Waals surface area contributed by atoms with Crippen LogP contribution < -0.4 is 10.5 Å². The van der Waals surface area contributed by atoms with Crippen molar-refractivity contribution in [3.63, 3.8) is 0 Å². The molecule has 1 aromatic carbocycles. The van der Waals surface area contributed by atoms with Crippen LogP contribution in [0.25, 0.3) is 0 Å². The summed E-state index contributed by atoms with van der Waals surface area (Å²) in [5.41, 5.74) is 7.97. The van der Waals surface area contributed by atoms with E-state index in [0.29, 0.717) is 5.02 Å². The maximum Gasteiger partial charge on any atom is 0.124 e. The van der Waals surface area contributed by atoms with Gasteiger partial charge in [-0.1, -0.05) is 11.6 Å². The number of hydrogen-bond donors (Lipinski definition) is 1. The van der Waals surface area contributed by atoms with Gasteiger partial charge in [-0.15, -0.1) is 0 Å². The zero-order valence-electron chi connectivity index (χ0n) is 9.72. The van der Waals surface area contributed by atoms with E-state index in [1.807, 2.05) is 23.7 Å². The van der Waals surface area contributed by atoms with Crippen molar-refractivity contribution < 1.29 is 4.74 Å². The molecular weight excluding hydrogens is 238 g/mol. The van der Waals surface area contributed by atoms with Crippen LogP contribution in [0.1, 0.15) is 17.3 Å². The van der Waals surface area contributed by atoms with Crippen LogP contribution in [0.2, 0.25) is 5.02 Å². The molecule has 0 saturated carbocycles. The molecule has 0 aliphatic heterocycles. The molecule has 0 spiro atoms. The van der Waals surface area contributed by atoms with Crippen LogP contribution >= 0.6 is 11.6 Å². The fraction of sp³-hybridized carbons (Fsp3) is 0.250. The standard InChI is InChI=1S/C12H14ClN3O/c1-16-7-15-6-10(16)12(14)9-5-8(13)3-4-11(9)17-2/h3-7,12H,14H2,1-2H3. The highest BCUT2D eigenvalue weighted by atomic mass is 35.5. The van der Waals surface area contributed by atoms with E-state index in [1.54, 1.807) is 25.7 Å². The van der Waals surface area contributed by atoms with Gasteiger partial charge in [0.1, 0.15) is 5.75 Å². The van der Waals surface area contributed by atoms with Crippen molar-refractivity contribution in [2.24, 2.45) is 12.8 Å². The van der Waals surface area contributed by atoms with Crippen LogP contribution in [0.4, 0.5) is 0 Å². The van der Waals surface area contributed by atoms with E-state index in [0.717, 1.165) is 17.0 Å². The van der Waals surface area contributed by atoms with Crippen molar-refractivity contribution in [3.8, 4) is 5.75 Å². The smallest absolute Gasteiger partial charge is 0.124 e. The summed E-state index contributed by atoms with van der Waals surface area (Å²) < 4.78 is 7.17. The molecule has 4 nitrogen and oxygen atoms in total. The van der Waals surface area contributed by atoms with Crippen molar-refractivity contribution in [2.75, 3.05) is 7.11 Å². The maximum absolute atomic E-state index is 6.21. The highest BCUT2D eigenvalue weighted by Crippen LogP contribution is 2.30. The van der Waals surface area contributed by atoms with Crippen molar-refractivity contribution >= 4 is 11.6 Å². The molecule has 1 aromatic heterocycles. The normalized spacial score (nSPS) is 12.5. The maximum atomic E-state index is 6.21. The van der Waals surface area contributed by atoms with Gasteiger partial charge in [-0.25, -0.2) is 4.98 Å². The minimum absolute atomic E-state index is 0.309. The Morgan fingerprint density at radius 3 is 2.82 bits per heavy atom. The lowest BCUT2D eigenvalue weighted by Crippen LogP contribution is -2.16. The average Bonchev–Trinajstić information content (AvgIpc) is 2.74. The number of aryl methyl sites for hydroxylation is 1.